The summed E-state index contributed by atoms with van der Waals surface area (Å²) in [5, 5.41) is 0. The Labute approximate surface area is 151 Å². The Kier molecular flexibility index (Phi) is 4.80. The number of aromatic nitrogens is 2. The summed E-state index contributed by atoms with van der Waals surface area (Å²) in [5.74, 6) is 0. The largest absolute Gasteiger partial charge is 0.346 e. The normalized spacial score (nSPS) is 14.6. The fraction of sp³-hybridized carbons (Fsp3) is 0.167. The van der Waals surface area contributed by atoms with Crippen molar-refractivity contribution in [3.8, 4) is 0 Å². The van der Waals surface area contributed by atoms with Gasteiger partial charge in [0.1, 0.15) is 0 Å². The van der Waals surface area contributed by atoms with Gasteiger partial charge in [0.25, 0.3) is 0 Å². The van der Waals surface area contributed by atoms with Crippen molar-refractivity contribution in [2.75, 3.05) is 13.2 Å². The zero-order valence-corrected chi connectivity index (χ0v) is 14.8. The Morgan fingerprint density at radius 3 is 2.28 bits per heavy atom. The van der Waals surface area contributed by atoms with Gasteiger partial charge in [0, 0.05) is 11.1 Å². The summed E-state index contributed by atoms with van der Waals surface area (Å²) in [6.45, 7) is 1.36. The van der Waals surface area contributed by atoms with E-state index < -0.39 is 0 Å². The van der Waals surface area contributed by atoms with Crippen molar-refractivity contribution in [3.63, 3.8) is 0 Å². The van der Waals surface area contributed by atoms with E-state index in [0.29, 0.717) is 13.2 Å². The van der Waals surface area contributed by atoms with Crippen molar-refractivity contribution in [1.82, 2.24) is 9.97 Å². The molecule has 1 fully saturated rings. The summed E-state index contributed by atoms with van der Waals surface area (Å²) < 4.78 is 13.1. The van der Waals surface area contributed by atoms with Crippen molar-refractivity contribution in [3.05, 3.63) is 58.5 Å². The van der Waals surface area contributed by atoms with E-state index >= 15 is 0 Å². The van der Waals surface area contributed by atoms with Crippen LogP contribution in [0.15, 0.2) is 47.4 Å². The number of thiazole rings is 2. The van der Waals surface area contributed by atoms with Crippen LogP contribution in [0.1, 0.15) is 22.2 Å². The molecule has 0 bridgehead atoms. The van der Waals surface area contributed by atoms with E-state index in [9.17, 15) is 4.79 Å². The van der Waals surface area contributed by atoms with Gasteiger partial charge in [-0.25, -0.2) is 9.97 Å². The van der Waals surface area contributed by atoms with Gasteiger partial charge in [0.15, 0.2) is 12.6 Å². The fourth-order valence-electron chi connectivity index (χ4n) is 2.63. The molecule has 4 aromatic rings. The second-order valence-electron chi connectivity index (χ2n) is 5.29. The first-order valence-corrected chi connectivity index (χ1v) is 9.45. The van der Waals surface area contributed by atoms with Crippen LogP contribution in [-0.2, 0) is 9.47 Å². The van der Waals surface area contributed by atoms with Gasteiger partial charge in [-0.2, -0.15) is 0 Å². The maximum absolute atomic E-state index is 10.5. The number of carbonyl (C=O) groups excluding carboxylic acids is 1. The van der Waals surface area contributed by atoms with Gasteiger partial charge in [-0.1, -0.05) is 24.3 Å². The van der Waals surface area contributed by atoms with E-state index in [4.69, 9.17) is 9.47 Å². The molecule has 7 heteroatoms. The maximum Gasteiger partial charge on any atom is 0.185 e. The number of rotatable bonds is 2. The van der Waals surface area contributed by atoms with Gasteiger partial charge >= 0.3 is 0 Å². The number of hydrogen-bond donors (Lipinski definition) is 0. The van der Waals surface area contributed by atoms with Gasteiger partial charge < -0.3 is 9.47 Å². The van der Waals surface area contributed by atoms with Crippen molar-refractivity contribution in [2.45, 2.75) is 6.29 Å². The van der Waals surface area contributed by atoms with Crippen LogP contribution in [0.25, 0.3) is 20.4 Å². The highest BCUT2D eigenvalue weighted by atomic mass is 32.1. The first kappa shape index (κ1) is 16.3. The number of benzene rings is 2. The zero-order valence-electron chi connectivity index (χ0n) is 13.1. The molecule has 0 radical (unpaired) electrons. The molecule has 0 unspecified atom stereocenters. The molecule has 25 heavy (non-hydrogen) atoms. The summed E-state index contributed by atoms with van der Waals surface area (Å²) in [5.41, 5.74) is 7.35. The van der Waals surface area contributed by atoms with Gasteiger partial charge in [-0.15, -0.1) is 22.7 Å². The van der Waals surface area contributed by atoms with Crippen LogP contribution in [0.4, 0.5) is 0 Å². The fourth-order valence-corrected chi connectivity index (χ4v) is 4.21. The molecule has 0 spiro atoms. The van der Waals surface area contributed by atoms with Crippen molar-refractivity contribution < 1.29 is 14.3 Å². The SMILES string of the molecule is O=Cc1cccc2ncsc12.c1cc(C2OCCO2)c2scnc2c1. The summed E-state index contributed by atoms with van der Waals surface area (Å²) in [6, 6.07) is 11.6. The van der Waals surface area contributed by atoms with E-state index in [-0.39, 0.29) is 6.29 Å². The molecule has 3 heterocycles. The van der Waals surface area contributed by atoms with Crippen LogP contribution in [0.3, 0.4) is 0 Å². The molecule has 1 saturated heterocycles. The lowest BCUT2D eigenvalue weighted by atomic mass is 10.2. The molecule has 2 aromatic carbocycles. The molecular formula is C18H14N2O3S2. The topological polar surface area (TPSA) is 61.3 Å². The second kappa shape index (κ2) is 7.37. The quantitative estimate of drug-likeness (QED) is 0.488. The van der Waals surface area contributed by atoms with Gasteiger partial charge in [0.05, 0.1) is 44.7 Å². The summed E-state index contributed by atoms with van der Waals surface area (Å²) in [7, 11) is 0. The third-order valence-corrected chi connectivity index (χ3v) is 5.56. The molecule has 5 rings (SSSR count). The zero-order chi connectivity index (χ0) is 17.1. The summed E-state index contributed by atoms with van der Waals surface area (Å²) in [6.07, 6.45) is 0.666. The number of fused-ring (bicyclic) bond motifs is 2. The molecule has 1 aliphatic heterocycles. The lowest BCUT2D eigenvalue weighted by Gasteiger charge is -2.09. The van der Waals surface area contributed by atoms with Crippen molar-refractivity contribution in [1.29, 1.82) is 0 Å². The van der Waals surface area contributed by atoms with E-state index in [1.54, 1.807) is 22.9 Å². The highest BCUT2D eigenvalue weighted by Gasteiger charge is 2.20. The number of carbonyl (C=O) groups is 1. The Morgan fingerprint density at radius 2 is 1.56 bits per heavy atom. The number of hydrogen-bond acceptors (Lipinski definition) is 7. The molecule has 126 valence electrons. The van der Waals surface area contributed by atoms with Crippen LogP contribution < -0.4 is 0 Å². The van der Waals surface area contributed by atoms with Gasteiger partial charge in [-0.3, -0.25) is 4.79 Å². The molecule has 0 atom stereocenters. The maximum atomic E-state index is 10.5. The van der Waals surface area contributed by atoms with E-state index in [0.717, 1.165) is 33.1 Å². The van der Waals surface area contributed by atoms with Crippen molar-refractivity contribution >= 4 is 49.4 Å². The minimum absolute atomic E-state index is 0.195. The van der Waals surface area contributed by atoms with Crippen molar-refractivity contribution in [2.24, 2.45) is 0 Å². The number of ether oxygens (including phenoxy) is 2. The minimum atomic E-state index is -0.195. The van der Waals surface area contributed by atoms with Crippen LogP contribution in [-0.4, -0.2) is 29.5 Å². The third-order valence-electron chi connectivity index (χ3n) is 3.78. The molecule has 2 aromatic heterocycles. The van der Waals surface area contributed by atoms with E-state index in [2.05, 4.69) is 9.97 Å². The first-order chi connectivity index (χ1) is 12.4. The second-order valence-corrected chi connectivity index (χ2v) is 7.00. The molecule has 0 aliphatic carbocycles. The predicted octanol–water partition coefficient (Wildman–Crippen LogP) is 4.45. The third kappa shape index (κ3) is 3.32. The average molecular weight is 370 g/mol. The summed E-state index contributed by atoms with van der Waals surface area (Å²) in [4.78, 5) is 18.8. The number of aldehydes is 1. The summed E-state index contributed by atoms with van der Waals surface area (Å²) >= 11 is 3.13. The monoisotopic (exact) mass is 370 g/mol. The average Bonchev–Trinajstić information content (AvgIpc) is 3.42. The Balaban J connectivity index is 0.000000129. The molecule has 1 aliphatic rings. The van der Waals surface area contributed by atoms with Gasteiger partial charge in [0.2, 0.25) is 0 Å². The molecule has 0 saturated carbocycles. The highest BCUT2D eigenvalue weighted by Crippen LogP contribution is 2.31. The van der Waals surface area contributed by atoms with E-state index in [1.807, 2.05) is 35.8 Å². The standard InChI is InChI=1S/C10H9NO2S.C8H5NOS/c1-2-7(10-12-4-5-13-10)9-8(3-1)11-6-14-9;10-4-6-2-1-3-7-8(6)11-5-9-7/h1-3,6,10H,4-5H2;1-5H. The smallest absolute Gasteiger partial charge is 0.185 e. The Bertz CT molecular complexity index is 1010. The predicted molar refractivity (Wildman–Crippen MR) is 99.3 cm³/mol. The van der Waals surface area contributed by atoms with Crippen LogP contribution in [0, 0.1) is 0 Å². The van der Waals surface area contributed by atoms with Gasteiger partial charge in [-0.05, 0) is 12.1 Å². The van der Waals surface area contributed by atoms with E-state index in [1.165, 1.54) is 16.0 Å². The Hall–Kier alpha value is -2.19. The molecular weight excluding hydrogens is 356 g/mol. The van der Waals surface area contributed by atoms with Crippen LogP contribution >= 0.6 is 22.7 Å². The molecule has 0 amide bonds. The lowest BCUT2D eigenvalue weighted by Crippen LogP contribution is -1.97. The molecule has 0 N–H and O–H groups in total. The van der Waals surface area contributed by atoms with Crippen LogP contribution in [0.2, 0.25) is 0 Å². The first-order valence-electron chi connectivity index (χ1n) is 7.69. The Morgan fingerprint density at radius 1 is 0.920 bits per heavy atom. The molecule has 5 nitrogen and oxygen atoms in total. The van der Waals surface area contributed by atoms with Crippen LogP contribution in [0.5, 0.6) is 0 Å². The minimum Gasteiger partial charge on any atom is -0.346 e. The highest BCUT2D eigenvalue weighted by molar-refractivity contribution is 7.17. The number of nitrogens with zero attached hydrogens (tertiary/aromatic N) is 2. The lowest BCUT2D eigenvalue weighted by molar-refractivity contribution is -0.0428.